The lowest BCUT2D eigenvalue weighted by molar-refractivity contribution is -0.128. The number of hydrogen-bond acceptors (Lipinski definition) is 1. The number of halogens is 1. The van der Waals surface area contributed by atoms with Crippen molar-refractivity contribution in [3.63, 3.8) is 0 Å². The SMILES string of the molecule is CC1CC(=O)N(Cc2ccc(Cl)cc2)C1. The summed E-state index contributed by atoms with van der Waals surface area (Å²) in [7, 11) is 0. The van der Waals surface area contributed by atoms with Crippen LogP contribution in [0.15, 0.2) is 24.3 Å². The lowest BCUT2D eigenvalue weighted by Crippen LogP contribution is -2.24. The van der Waals surface area contributed by atoms with E-state index in [-0.39, 0.29) is 5.91 Å². The summed E-state index contributed by atoms with van der Waals surface area (Å²) in [5.74, 6) is 0.752. The second-order valence-electron chi connectivity index (χ2n) is 4.21. The fraction of sp³-hybridized carbons (Fsp3) is 0.417. The van der Waals surface area contributed by atoms with Gasteiger partial charge >= 0.3 is 0 Å². The third-order valence-electron chi connectivity index (χ3n) is 2.69. The zero-order valence-electron chi connectivity index (χ0n) is 8.74. The van der Waals surface area contributed by atoms with Crippen LogP contribution in [0, 0.1) is 5.92 Å². The van der Waals surface area contributed by atoms with Crippen LogP contribution in [-0.4, -0.2) is 17.4 Å². The first-order valence-electron chi connectivity index (χ1n) is 5.17. The molecule has 1 atom stereocenters. The van der Waals surface area contributed by atoms with E-state index in [0.717, 1.165) is 17.1 Å². The maximum absolute atomic E-state index is 11.6. The van der Waals surface area contributed by atoms with E-state index >= 15 is 0 Å². The van der Waals surface area contributed by atoms with Gasteiger partial charge in [0.25, 0.3) is 0 Å². The Kier molecular flexibility index (Phi) is 2.96. The van der Waals surface area contributed by atoms with Crippen molar-refractivity contribution in [1.29, 1.82) is 0 Å². The standard InChI is InChI=1S/C12H14ClNO/c1-9-6-12(15)14(7-9)8-10-2-4-11(13)5-3-10/h2-5,9H,6-8H2,1H3. The second-order valence-corrected chi connectivity index (χ2v) is 4.65. The van der Waals surface area contributed by atoms with Gasteiger partial charge in [0.1, 0.15) is 0 Å². The summed E-state index contributed by atoms with van der Waals surface area (Å²) in [4.78, 5) is 13.5. The van der Waals surface area contributed by atoms with Gasteiger partial charge in [-0.2, -0.15) is 0 Å². The van der Waals surface area contributed by atoms with E-state index in [2.05, 4.69) is 6.92 Å². The summed E-state index contributed by atoms with van der Waals surface area (Å²) < 4.78 is 0. The van der Waals surface area contributed by atoms with E-state index in [1.165, 1.54) is 0 Å². The molecule has 1 aromatic carbocycles. The van der Waals surface area contributed by atoms with Gasteiger partial charge in [0.2, 0.25) is 5.91 Å². The number of rotatable bonds is 2. The molecule has 1 unspecified atom stereocenters. The predicted molar refractivity (Wildman–Crippen MR) is 60.7 cm³/mol. The Morgan fingerprint density at radius 1 is 1.40 bits per heavy atom. The van der Waals surface area contributed by atoms with Crippen molar-refractivity contribution in [2.24, 2.45) is 5.92 Å². The van der Waals surface area contributed by atoms with Crippen LogP contribution < -0.4 is 0 Å². The minimum absolute atomic E-state index is 0.262. The Balaban J connectivity index is 2.03. The quantitative estimate of drug-likeness (QED) is 0.755. The van der Waals surface area contributed by atoms with Crippen LogP contribution in [0.1, 0.15) is 18.9 Å². The van der Waals surface area contributed by atoms with Gasteiger partial charge in [-0.15, -0.1) is 0 Å². The average Bonchev–Trinajstić information content (AvgIpc) is 2.49. The van der Waals surface area contributed by atoms with E-state index in [1.54, 1.807) is 0 Å². The zero-order valence-corrected chi connectivity index (χ0v) is 9.50. The Labute approximate surface area is 94.8 Å². The molecule has 80 valence electrons. The Hall–Kier alpha value is -1.02. The number of likely N-dealkylation sites (tertiary alicyclic amines) is 1. The summed E-state index contributed by atoms with van der Waals surface area (Å²) in [6, 6.07) is 7.67. The number of carbonyl (C=O) groups excluding carboxylic acids is 1. The van der Waals surface area contributed by atoms with Crippen molar-refractivity contribution >= 4 is 17.5 Å². The highest BCUT2D eigenvalue weighted by Gasteiger charge is 2.25. The molecule has 2 rings (SSSR count). The minimum atomic E-state index is 0.262. The van der Waals surface area contributed by atoms with Crippen molar-refractivity contribution < 1.29 is 4.79 Å². The van der Waals surface area contributed by atoms with Crippen LogP contribution in [0.4, 0.5) is 0 Å². The average molecular weight is 224 g/mol. The molecule has 3 heteroatoms. The first kappa shape index (κ1) is 10.5. The summed E-state index contributed by atoms with van der Waals surface area (Å²) >= 11 is 5.80. The number of carbonyl (C=O) groups is 1. The molecule has 15 heavy (non-hydrogen) atoms. The Morgan fingerprint density at radius 2 is 2.07 bits per heavy atom. The van der Waals surface area contributed by atoms with Gasteiger partial charge in [-0.25, -0.2) is 0 Å². The van der Waals surface area contributed by atoms with Crippen LogP contribution in [0.5, 0.6) is 0 Å². The molecule has 1 amide bonds. The Morgan fingerprint density at radius 3 is 2.60 bits per heavy atom. The van der Waals surface area contributed by atoms with Crippen molar-refractivity contribution in [1.82, 2.24) is 4.90 Å². The highest BCUT2D eigenvalue weighted by Crippen LogP contribution is 2.20. The summed E-state index contributed by atoms with van der Waals surface area (Å²) in [5, 5.41) is 0.736. The number of hydrogen-bond donors (Lipinski definition) is 0. The second kappa shape index (κ2) is 4.23. The molecule has 0 aromatic heterocycles. The fourth-order valence-corrected chi connectivity index (χ4v) is 2.06. The summed E-state index contributed by atoms with van der Waals surface area (Å²) in [6.45, 7) is 3.70. The first-order valence-corrected chi connectivity index (χ1v) is 5.55. The first-order chi connectivity index (χ1) is 7.15. The highest BCUT2D eigenvalue weighted by atomic mass is 35.5. The normalized spacial score (nSPS) is 21.1. The molecular weight excluding hydrogens is 210 g/mol. The van der Waals surface area contributed by atoms with E-state index in [9.17, 15) is 4.79 Å². The molecule has 1 heterocycles. The van der Waals surface area contributed by atoms with Gasteiger partial charge in [-0.1, -0.05) is 30.7 Å². The smallest absolute Gasteiger partial charge is 0.223 e. The molecule has 1 aliphatic rings. The monoisotopic (exact) mass is 223 g/mol. The van der Waals surface area contributed by atoms with Crippen LogP contribution in [0.25, 0.3) is 0 Å². The molecule has 0 spiro atoms. The van der Waals surface area contributed by atoms with Crippen LogP contribution >= 0.6 is 11.6 Å². The number of benzene rings is 1. The number of amides is 1. The zero-order chi connectivity index (χ0) is 10.8. The van der Waals surface area contributed by atoms with Crippen molar-refractivity contribution in [3.05, 3.63) is 34.9 Å². The van der Waals surface area contributed by atoms with Gasteiger partial charge in [0.05, 0.1) is 0 Å². The molecule has 0 radical (unpaired) electrons. The van der Waals surface area contributed by atoms with Gasteiger partial charge in [-0.05, 0) is 23.6 Å². The van der Waals surface area contributed by atoms with Crippen molar-refractivity contribution in [2.75, 3.05) is 6.54 Å². The van der Waals surface area contributed by atoms with Gasteiger partial charge < -0.3 is 4.90 Å². The summed E-state index contributed by atoms with van der Waals surface area (Å²) in [5.41, 5.74) is 1.14. The highest BCUT2D eigenvalue weighted by molar-refractivity contribution is 6.30. The van der Waals surface area contributed by atoms with Gasteiger partial charge in [0, 0.05) is 24.5 Å². The predicted octanol–water partition coefficient (Wildman–Crippen LogP) is 2.71. The minimum Gasteiger partial charge on any atom is -0.338 e. The largest absolute Gasteiger partial charge is 0.338 e. The lowest BCUT2D eigenvalue weighted by atomic mass is 10.2. The van der Waals surface area contributed by atoms with E-state index < -0.39 is 0 Å². The topological polar surface area (TPSA) is 20.3 Å². The molecule has 1 aromatic rings. The molecule has 0 bridgehead atoms. The molecule has 1 fully saturated rings. The van der Waals surface area contributed by atoms with E-state index in [1.807, 2.05) is 29.2 Å². The van der Waals surface area contributed by atoms with E-state index in [0.29, 0.717) is 18.9 Å². The van der Waals surface area contributed by atoms with Crippen LogP contribution in [-0.2, 0) is 11.3 Å². The molecule has 1 saturated heterocycles. The molecule has 0 N–H and O–H groups in total. The van der Waals surface area contributed by atoms with Gasteiger partial charge in [0.15, 0.2) is 0 Å². The third-order valence-corrected chi connectivity index (χ3v) is 2.95. The molecule has 0 saturated carbocycles. The maximum atomic E-state index is 11.6. The van der Waals surface area contributed by atoms with Crippen molar-refractivity contribution in [2.45, 2.75) is 19.9 Å². The fourth-order valence-electron chi connectivity index (χ4n) is 1.93. The van der Waals surface area contributed by atoms with Gasteiger partial charge in [-0.3, -0.25) is 4.79 Å². The molecule has 1 aliphatic heterocycles. The van der Waals surface area contributed by atoms with Crippen LogP contribution in [0.3, 0.4) is 0 Å². The van der Waals surface area contributed by atoms with Crippen LogP contribution in [0.2, 0.25) is 5.02 Å². The maximum Gasteiger partial charge on any atom is 0.223 e. The molecule has 2 nitrogen and oxygen atoms in total. The van der Waals surface area contributed by atoms with E-state index in [4.69, 9.17) is 11.6 Å². The Bertz CT molecular complexity index is 360. The third kappa shape index (κ3) is 2.51. The lowest BCUT2D eigenvalue weighted by Gasteiger charge is -2.15. The molecular formula is C12H14ClNO. The molecule has 0 aliphatic carbocycles. The van der Waals surface area contributed by atoms with Crippen molar-refractivity contribution in [3.8, 4) is 0 Å². The number of nitrogens with zero attached hydrogens (tertiary/aromatic N) is 1. The summed E-state index contributed by atoms with van der Waals surface area (Å²) in [6.07, 6.45) is 0.688.